The van der Waals surface area contributed by atoms with Crippen molar-refractivity contribution in [3.63, 3.8) is 0 Å². The minimum absolute atomic E-state index is 0.0221. The third-order valence-electron chi connectivity index (χ3n) is 3.09. The van der Waals surface area contributed by atoms with E-state index in [4.69, 9.17) is 10.5 Å². The van der Waals surface area contributed by atoms with Crippen LogP contribution in [0.3, 0.4) is 0 Å². The zero-order valence-corrected chi connectivity index (χ0v) is 12.6. The zero-order chi connectivity index (χ0) is 18.7. The fourth-order valence-electron chi connectivity index (χ4n) is 2.06. The van der Waals surface area contributed by atoms with Gasteiger partial charge in [-0.1, -0.05) is 12.1 Å². The molecule has 2 rings (SSSR count). The molecule has 0 saturated heterocycles. The predicted molar refractivity (Wildman–Crippen MR) is 78.1 cm³/mol. The Morgan fingerprint density at radius 3 is 2.04 bits per heavy atom. The number of benzene rings is 2. The lowest BCUT2D eigenvalue weighted by Crippen LogP contribution is -2.18. The van der Waals surface area contributed by atoms with Gasteiger partial charge in [-0.05, 0) is 29.8 Å². The molecular formula is C16H13F6NO2. The van der Waals surface area contributed by atoms with Gasteiger partial charge in [0.05, 0.1) is 5.56 Å². The molecule has 0 atom stereocenters. The van der Waals surface area contributed by atoms with Crippen LogP contribution in [-0.2, 0) is 6.18 Å². The van der Waals surface area contributed by atoms with Crippen molar-refractivity contribution >= 4 is 0 Å². The zero-order valence-electron chi connectivity index (χ0n) is 12.6. The summed E-state index contributed by atoms with van der Waals surface area (Å²) in [4.78, 5) is 0. The van der Waals surface area contributed by atoms with Crippen molar-refractivity contribution in [1.29, 1.82) is 0 Å². The fraction of sp³-hybridized carbons (Fsp3) is 0.250. The Morgan fingerprint density at radius 2 is 1.52 bits per heavy atom. The van der Waals surface area contributed by atoms with Crippen LogP contribution < -0.4 is 15.2 Å². The Labute approximate surface area is 139 Å². The van der Waals surface area contributed by atoms with E-state index in [1.54, 1.807) is 0 Å². The van der Waals surface area contributed by atoms with E-state index in [1.807, 2.05) is 0 Å². The lowest BCUT2D eigenvalue weighted by molar-refractivity contribution is -0.274. The highest BCUT2D eigenvalue weighted by Crippen LogP contribution is 2.38. The highest BCUT2D eigenvalue weighted by atomic mass is 19.4. The Morgan fingerprint density at radius 1 is 0.880 bits per heavy atom. The first-order chi connectivity index (χ1) is 11.6. The van der Waals surface area contributed by atoms with E-state index < -0.39 is 23.9 Å². The van der Waals surface area contributed by atoms with Gasteiger partial charge in [0.1, 0.15) is 18.1 Å². The number of hydrogen-bond acceptors (Lipinski definition) is 3. The molecule has 3 nitrogen and oxygen atoms in total. The molecule has 0 spiro atoms. The molecule has 136 valence electrons. The molecule has 0 radical (unpaired) electrons. The largest absolute Gasteiger partial charge is 0.573 e. The van der Waals surface area contributed by atoms with Crippen molar-refractivity contribution in [3.8, 4) is 22.6 Å². The van der Waals surface area contributed by atoms with Crippen molar-refractivity contribution in [2.24, 2.45) is 5.73 Å². The second kappa shape index (κ2) is 7.22. The van der Waals surface area contributed by atoms with Crippen LogP contribution in [0, 0.1) is 0 Å². The molecule has 2 N–H and O–H groups in total. The normalized spacial score (nSPS) is 12.1. The molecule has 0 bridgehead atoms. The quantitative estimate of drug-likeness (QED) is 0.787. The lowest BCUT2D eigenvalue weighted by Gasteiger charge is -2.16. The number of alkyl halides is 6. The maximum absolute atomic E-state index is 12.6. The van der Waals surface area contributed by atoms with Gasteiger partial charge < -0.3 is 15.2 Å². The van der Waals surface area contributed by atoms with Crippen LogP contribution in [0.5, 0.6) is 11.5 Å². The first-order valence-electron chi connectivity index (χ1n) is 7.00. The molecule has 25 heavy (non-hydrogen) atoms. The topological polar surface area (TPSA) is 44.5 Å². The smallest absolute Gasteiger partial charge is 0.492 e. The lowest BCUT2D eigenvalue weighted by atomic mass is 10.0. The average Bonchev–Trinajstić information content (AvgIpc) is 2.51. The van der Waals surface area contributed by atoms with E-state index in [9.17, 15) is 26.3 Å². The van der Waals surface area contributed by atoms with E-state index in [2.05, 4.69) is 4.74 Å². The van der Waals surface area contributed by atoms with E-state index in [0.29, 0.717) is 0 Å². The average molecular weight is 365 g/mol. The van der Waals surface area contributed by atoms with Crippen LogP contribution in [0.4, 0.5) is 26.3 Å². The van der Waals surface area contributed by atoms with Gasteiger partial charge in [0.25, 0.3) is 0 Å². The predicted octanol–water partition coefficient (Wildman–Crippen LogP) is 4.61. The van der Waals surface area contributed by atoms with Gasteiger partial charge in [0.15, 0.2) is 0 Å². The molecule has 0 unspecified atom stereocenters. The van der Waals surface area contributed by atoms with Crippen molar-refractivity contribution in [2.75, 3.05) is 13.2 Å². The summed E-state index contributed by atoms with van der Waals surface area (Å²) in [6, 6.07) is 7.37. The minimum Gasteiger partial charge on any atom is -0.492 e. The van der Waals surface area contributed by atoms with E-state index in [1.165, 1.54) is 12.1 Å². The molecule has 0 aromatic heterocycles. The van der Waals surface area contributed by atoms with Gasteiger partial charge in [0.2, 0.25) is 0 Å². The van der Waals surface area contributed by atoms with Crippen LogP contribution >= 0.6 is 0 Å². The monoisotopic (exact) mass is 365 g/mol. The summed E-state index contributed by atoms with van der Waals surface area (Å²) in [6.07, 6.45) is -9.50. The summed E-state index contributed by atoms with van der Waals surface area (Å²) >= 11 is 0. The van der Waals surface area contributed by atoms with Gasteiger partial charge in [-0.3, -0.25) is 0 Å². The summed E-state index contributed by atoms with van der Waals surface area (Å²) in [5.74, 6) is -0.484. The number of nitrogens with two attached hydrogens (primary N) is 1. The molecule has 2 aromatic rings. The van der Waals surface area contributed by atoms with Gasteiger partial charge >= 0.3 is 12.5 Å². The first-order valence-corrected chi connectivity index (χ1v) is 7.00. The highest BCUT2D eigenvalue weighted by Gasteiger charge is 2.33. The summed E-state index contributed by atoms with van der Waals surface area (Å²) in [5, 5.41) is 0. The van der Waals surface area contributed by atoms with Crippen LogP contribution in [0.2, 0.25) is 0 Å². The Kier molecular flexibility index (Phi) is 5.46. The second-order valence-electron chi connectivity index (χ2n) is 4.92. The summed E-state index contributed by atoms with van der Waals surface area (Å²) < 4.78 is 84.7. The molecule has 0 amide bonds. The van der Waals surface area contributed by atoms with Gasteiger partial charge in [0, 0.05) is 18.2 Å². The molecule has 2 aromatic carbocycles. The maximum Gasteiger partial charge on any atom is 0.573 e. The van der Waals surface area contributed by atoms with Gasteiger partial charge in [-0.2, -0.15) is 13.2 Å². The van der Waals surface area contributed by atoms with Crippen molar-refractivity contribution in [2.45, 2.75) is 12.5 Å². The summed E-state index contributed by atoms with van der Waals surface area (Å²) in [5.41, 5.74) is 4.47. The molecule has 0 aliphatic carbocycles. The molecule has 9 heteroatoms. The number of rotatable bonds is 5. The third-order valence-corrected chi connectivity index (χ3v) is 3.09. The molecule has 0 aliphatic rings. The van der Waals surface area contributed by atoms with Crippen molar-refractivity contribution < 1.29 is 35.8 Å². The SMILES string of the molecule is NCCOc1ccc(-c2ccc(C(F)(F)F)cc2)c(OC(F)(F)F)c1. The maximum atomic E-state index is 12.6. The van der Waals surface area contributed by atoms with Crippen LogP contribution in [0.1, 0.15) is 5.56 Å². The third kappa shape index (κ3) is 5.28. The van der Waals surface area contributed by atoms with Crippen LogP contribution in [0.15, 0.2) is 42.5 Å². The number of hydrogen-bond donors (Lipinski definition) is 1. The number of halogens is 6. The summed E-state index contributed by atoms with van der Waals surface area (Å²) in [6.45, 7) is 0.251. The summed E-state index contributed by atoms with van der Waals surface area (Å²) in [7, 11) is 0. The van der Waals surface area contributed by atoms with E-state index in [-0.39, 0.29) is 30.0 Å². The van der Waals surface area contributed by atoms with E-state index >= 15 is 0 Å². The first kappa shape index (κ1) is 18.9. The van der Waals surface area contributed by atoms with Crippen LogP contribution in [-0.4, -0.2) is 19.5 Å². The van der Waals surface area contributed by atoms with Gasteiger partial charge in [-0.25, -0.2) is 0 Å². The van der Waals surface area contributed by atoms with Crippen molar-refractivity contribution in [3.05, 3.63) is 48.0 Å². The Balaban J connectivity index is 2.41. The van der Waals surface area contributed by atoms with Crippen molar-refractivity contribution in [1.82, 2.24) is 0 Å². The molecule has 0 aliphatic heterocycles. The molecule has 0 fully saturated rings. The number of ether oxygens (including phenoxy) is 2. The van der Waals surface area contributed by atoms with Gasteiger partial charge in [-0.15, -0.1) is 13.2 Å². The Bertz CT molecular complexity index is 710. The van der Waals surface area contributed by atoms with Crippen LogP contribution in [0.25, 0.3) is 11.1 Å². The fourth-order valence-corrected chi connectivity index (χ4v) is 2.06. The standard InChI is InChI=1S/C16H13F6NO2/c17-15(18,19)11-3-1-10(2-4-11)13-6-5-12(24-8-7-23)9-14(13)25-16(20,21)22/h1-6,9H,7-8,23H2. The minimum atomic E-state index is -4.97. The Hall–Kier alpha value is -2.42. The van der Waals surface area contributed by atoms with E-state index in [0.717, 1.165) is 30.3 Å². The molecule has 0 saturated carbocycles. The second-order valence-corrected chi connectivity index (χ2v) is 4.92. The molecule has 0 heterocycles. The molecular weight excluding hydrogens is 352 g/mol. The highest BCUT2D eigenvalue weighted by molar-refractivity contribution is 5.71.